The monoisotopic (exact) mass is 282 g/mol. The van der Waals surface area contributed by atoms with Gasteiger partial charge in [0, 0.05) is 32.8 Å². The summed E-state index contributed by atoms with van der Waals surface area (Å²) in [6.07, 6.45) is 8.08. The third-order valence-electron chi connectivity index (χ3n) is 5.38. The average molecular weight is 282 g/mol. The minimum atomic E-state index is 0.571. The van der Waals surface area contributed by atoms with Crippen molar-refractivity contribution in [1.82, 2.24) is 10.2 Å². The molecule has 3 nitrogen and oxygen atoms in total. The lowest BCUT2D eigenvalue weighted by Crippen LogP contribution is -2.46. The van der Waals surface area contributed by atoms with E-state index in [1.807, 2.05) is 7.11 Å². The molecule has 2 atom stereocenters. The Hall–Kier alpha value is -0.120. The molecule has 0 aromatic carbocycles. The molecule has 0 amide bonds. The van der Waals surface area contributed by atoms with Crippen LogP contribution in [0.2, 0.25) is 0 Å². The predicted octanol–water partition coefficient (Wildman–Crippen LogP) is 2.90. The van der Waals surface area contributed by atoms with E-state index in [0.717, 1.165) is 12.5 Å². The van der Waals surface area contributed by atoms with E-state index in [0.29, 0.717) is 11.5 Å². The molecule has 1 aliphatic heterocycles. The quantitative estimate of drug-likeness (QED) is 0.704. The van der Waals surface area contributed by atoms with Gasteiger partial charge in [0.25, 0.3) is 0 Å². The van der Waals surface area contributed by atoms with Gasteiger partial charge in [-0.05, 0) is 69.9 Å². The Morgan fingerprint density at radius 2 is 2.20 bits per heavy atom. The molecular formula is C17H34N2O. The molecule has 118 valence electrons. The highest BCUT2D eigenvalue weighted by Crippen LogP contribution is 2.48. The first-order valence-electron chi connectivity index (χ1n) is 8.64. The fourth-order valence-electron chi connectivity index (χ4n) is 3.57. The van der Waals surface area contributed by atoms with Gasteiger partial charge in [-0.1, -0.05) is 6.92 Å². The van der Waals surface area contributed by atoms with Crippen LogP contribution in [0.25, 0.3) is 0 Å². The third-order valence-corrected chi connectivity index (χ3v) is 5.38. The molecule has 1 aliphatic carbocycles. The molecule has 2 aliphatic rings. The van der Waals surface area contributed by atoms with Crippen LogP contribution in [0.15, 0.2) is 0 Å². The predicted molar refractivity (Wildman–Crippen MR) is 85.1 cm³/mol. The van der Waals surface area contributed by atoms with E-state index in [1.54, 1.807) is 0 Å². The van der Waals surface area contributed by atoms with Crippen molar-refractivity contribution in [1.29, 1.82) is 0 Å². The molecule has 1 saturated carbocycles. The van der Waals surface area contributed by atoms with Gasteiger partial charge in [0.15, 0.2) is 0 Å². The van der Waals surface area contributed by atoms with E-state index in [-0.39, 0.29) is 0 Å². The molecule has 0 bridgehead atoms. The number of nitrogens with zero attached hydrogens (tertiary/aromatic N) is 1. The molecular weight excluding hydrogens is 248 g/mol. The largest absolute Gasteiger partial charge is 0.385 e. The van der Waals surface area contributed by atoms with E-state index in [9.17, 15) is 0 Å². The van der Waals surface area contributed by atoms with Gasteiger partial charge >= 0.3 is 0 Å². The van der Waals surface area contributed by atoms with Crippen LogP contribution in [0.1, 0.15) is 52.4 Å². The van der Waals surface area contributed by atoms with Crippen molar-refractivity contribution in [2.75, 3.05) is 39.9 Å². The standard InChI is InChI=1S/C17H34N2O/c1-4-10-19-11-5-6-16(13-19)15(2)18-14-17(7-8-17)9-12-20-3/h15-16,18H,4-14H2,1-3H3. The molecule has 0 aromatic heterocycles. The first-order chi connectivity index (χ1) is 9.69. The summed E-state index contributed by atoms with van der Waals surface area (Å²) < 4.78 is 5.25. The van der Waals surface area contributed by atoms with Crippen molar-refractivity contribution in [3.8, 4) is 0 Å². The molecule has 0 radical (unpaired) electrons. The number of rotatable bonds is 9. The molecule has 1 N–H and O–H groups in total. The summed E-state index contributed by atoms with van der Waals surface area (Å²) in [5, 5.41) is 3.84. The Labute approximate surface area is 125 Å². The fraction of sp³-hybridized carbons (Fsp3) is 1.00. The van der Waals surface area contributed by atoms with Crippen molar-refractivity contribution in [3.05, 3.63) is 0 Å². The minimum Gasteiger partial charge on any atom is -0.385 e. The normalized spacial score (nSPS) is 27.4. The van der Waals surface area contributed by atoms with Crippen molar-refractivity contribution >= 4 is 0 Å². The average Bonchev–Trinajstić information content (AvgIpc) is 3.24. The van der Waals surface area contributed by atoms with Crippen LogP contribution in [-0.2, 0) is 4.74 Å². The summed E-state index contributed by atoms with van der Waals surface area (Å²) in [5.41, 5.74) is 0.571. The number of nitrogens with one attached hydrogen (secondary N) is 1. The van der Waals surface area contributed by atoms with E-state index in [1.165, 1.54) is 64.7 Å². The fourth-order valence-corrected chi connectivity index (χ4v) is 3.57. The van der Waals surface area contributed by atoms with Crippen LogP contribution in [0, 0.1) is 11.3 Å². The highest BCUT2D eigenvalue weighted by atomic mass is 16.5. The third kappa shape index (κ3) is 4.71. The van der Waals surface area contributed by atoms with Crippen LogP contribution < -0.4 is 5.32 Å². The van der Waals surface area contributed by atoms with Gasteiger partial charge in [0.05, 0.1) is 0 Å². The van der Waals surface area contributed by atoms with Gasteiger partial charge in [-0.3, -0.25) is 0 Å². The van der Waals surface area contributed by atoms with Crippen molar-refractivity contribution in [2.45, 2.75) is 58.4 Å². The summed E-state index contributed by atoms with van der Waals surface area (Å²) in [4.78, 5) is 2.66. The lowest BCUT2D eigenvalue weighted by atomic mass is 9.90. The Morgan fingerprint density at radius 1 is 1.40 bits per heavy atom. The van der Waals surface area contributed by atoms with Crippen LogP contribution >= 0.6 is 0 Å². The maximum atomic E-state index is 5.25. The SMILES string of the molecule is CCCN1CCCC(C(C)NCC2(CCOC)CC2)C1. The Balaban J connectivity index is 1.70. The van der Waals surface area contributed by atoms with E-state index in [4.69, 9.17) is 4.74 Å². The smallest absolute Gasteiger partial charge is 0.0468 e. The molecule has 1 heterocycles. The van der Waals surface area contributed by atoms with Crippen LogP contribution in [0.5, 0.6) is 0 Å². The van der Waals surface area contributed by atoms with Gasteiger partial charge in [-0.2, -0.15) is 0 Å². The Morgan fingerprint density at radius 3 is 2.85 bits per heavy atom. The van der Waals surface area contributed by atoms with E-state index in [2.05, 4.69) is 24.1 Å². The number of hydrogen-bond donors (Lipinski definition) is 1. The second-order valence-corrected chi connectivity index (χ2v) is 7.12. The second kappa shape index (κ2) is 7.77. The molecule has 20 heavy (non-hydrogen) atoms. The van der Waals surface area contributed by atoms with Crippen molar-refractivity contribution in [2.24, 2.45) is 11.3 Å². The number of methoxy groups -OCH3 is 1. The number of piperidine rings is 1. The van der Waals surface area contributed by atoms with Crippen molar-refractivity contribution in [3.63, 3.8) is 0 Å². The number of likely N-dealkylation sites (tertiary alicyclic amines) is 1. The number of ether oxygens (including phenoxy) is 1. The van der Waals surface area contributed by atoms with Gasteiger partial charge in [0.1, 0.15) is 0 Å². The summed E-state index contributed by atoms with van der Waals surface area (Å²) in [5.74, 6) is 0.841. The minimum absolute atomic E-state index is 0.571. The van der Waals surface area contributed by atoms with Gasteiger partial charge < -0.3 is 15.0 Å². The number of hydrogen-bond acceptors (Lipinski definition) is 3. The van der Waals surface area contributed by atoms with Crippen LogP contribution in [0.4, 0.5) is 0 Å². The molecule has 2 unspecified atom stereocenters. The molecule has 0 spiro atoms. The molecule has 1 saturated heterocycles. The summed E-state index contributed by atoms with van der Waals surface area (Å²) in [6.45, 7) is 10.7. The molecule has 2 fully saturated rings. The molecule has 2 rings (SSSR count). The molecule has 3 heteroatoms. The summed E-state index contributed by atoms with van der Waals surface area (Å²) >= 11 is 0. The van der Waals surface area contributed by atoms with Crippen LogP contribution in [-0.4, -0.2) is 50.8 Å². The highest BCUT2D eigenvalue weighted by Gasteiger charge is 2.42. The zero-order chi connectivity index (χ0) is 14.4. The van der Waals surface area contributed by atoms with E-state index >= 15 is 0 Å². The molecule has 0 aromatic rings. The van der Waals surface area contributed by atoms with Gasteiger partial charge in [-0.15, -0.1) is 0 Å². The van der Waals surface area contributed by atoms with Gasteiger partial charge in [-0.25, -0.2) is 0 Å². The Kier molecular flexibility index (Phi) is 6.31. The topological polar surface area (TPSA) is 24.5 Å². The maximum Gasteiger partial charge on any atom is 0.0468 e. The summed E-state index contributed by atoms with van der Waals surface area (Å²) in [6, 6.07) is 0.662. The Bertz CT molecular complexity index is 276. The second-order valence-electron chi connectivity index (χ2n) is 7.12. The first-order valence-corrected chi connectivity index (χ1v) is 8.64. The zero-order valence-electron chi connectivity index (χ0n) is 13.8. The highest BCUT2D eigenvalue weighted by molar-refractivity contribution is 4.95. The summed E-state index contributed by atoms with van der Waals surface area (Å²) in [7, 11) is 1.82. The van der Waals surface area contributed by atoms with Crippen molar-refractivity contribution < 1.29 is 4.74 Å². The first kappa shape index (κ1) is 16.3. The maximum absolute atomic E-state index is 5.25. The van der Waals surface area contributed by atoms with Crippen LogP contribution in [0.3, 0.4) is 0 Å². The van der Waals surface area contributed by atoms with E-state index < -0.39 is 0 Å². The van der Waals surface area contributed by atoms with Gasteiger partial charge in [0.2, 0.25) is 0 Å². The lowest BCUT2D eigenvalue weighted by molar-refractivity contribution is 0.143. The lowest BCUT2D eigenvalue weighted by Gasteiger charge is -2.36. The zero-order valence-corrected chi connectivity index (χ0v) is 13.8.